The summed E-state index contributed by atoms with van der Waals surface area (Å²) in [6.07, 6.45) is 3.20. The Labute approximate surface area is 137 Å². The topological polar surface area (TPSA) is 68.3 Å². The van der Waals surface area contributed by atoms with Crippen LogP contribution in [-0.2, 0) is 10.0 Å². The smallest absolute Gasteiger partial charge is 0.247 e. The van der Waals surface area contributed by atoms with Crippen molar-refractivity contribution in [3.05, 3.63) is 35.5 Å². The molecule has 0 unspecified atom stereocenters. The molecular formula is C16H23N3O3S. The van der Waals surface area contributed by atoms with Gasteiger partial charge >= 0.3 is 0 Å². The molecule has 1 aliphatic heterocycles. The van der Waals surface area contributed by atoms with Crippen molar-refractivity contribution in [2.45, 2.75) is 57.5 Å². The Balaban J connectivity index is 2.05. The van der Waals surface area contributed by atoms with Crippen molar-refractivity contribution < 1.29 is 12.8 Å². The number of hydrogen-bond acceptors (Lipinski definition) is 4. The van der Waals surface area contributed by atoms with Gasteiger partial charge in [0.1, 0.15) is 10.7 Å². The Morgan fingerprint density at radius 3 is 2.65 bits per heavy atom. The second-order valence-corrected chi connectivity index (χ2v) is 8.15. The fraction of sp³-hybridized carbons (Fsp3) is 0.562. The van der Waals surface area contributed by atoms with E-state index >= 15 is 0 Å². The third-order valence-electron chi connectivity index (χ3n) is 4.39. The molecular weight excluding hydrogens is 314 g/mol. The molecule has 1 atom stereocenters. The zero-order valence-electron chi connectivity index (χ0n) is 14.0. The van der Waals surface area contributed by atoms with E-state index in [0.29, 0.717) is 28.6 Å². The van der Waals surface area contributed by atoms with Gasteiger partial charge in [-0.05, 0) is 52.7 Å². The summed E-state index contributed by atoms with van der Waals surface area (Å²) in [4.78, 5) is 0.338. The predicted octanol–water partition coefficient (Wildman–Crippen LogP) is 3.20. The van der Waals surface area contributed by atoms with Crippen molar-refractivity contribution >= 4 is 10.0 Å². The van der Waals surface area contributed by atoms with Gasteiger partial charge in [0.15, 0.2) is 0 Å². The maximum absolute atomic E-state index is 13.2. The average molecular weight is 337 g/mol. The lowest BCUT2D eigenvalue weighted by Crippen LogP contribution is -2.31. The molecule has 0 amide bonds. The fourth-order valence-electron chi connectivity index (χ4n) is 3.43. The van der Waals surface area contributed by atoms with Gasteiger partial charge in [-0.2, -0.15) is 9.40 Å². The van der Waals surface area contributed by atoms with Crippen molar-refractivity contribution in [2.24, 2.45) is 0 Å². The molecule has 0 saturated carbocycles. The van der Waals surface area contributed by atoms with Crippen molar-refractivity contribution in [3.63, 3.8) is 0 Å². The number of aryl methyl sites for hydroxylation is 1. The van der Waals surface area contributed by atoms with Crippen molar-refractivity contribution in [3.8, 4) is 0 Å². The van der Waals surface area contributed by atoms with Crippen LogP contribution < -0.4 is 0 Å². The Hall–Kier alpha value is -1.60. The fourth-order valence-corrected chi connectivity index (χ4v) is 5.46. The van der Waals surface area contributed by atoms with E-state index in [-0.39, 0.29) is 12.1 Å². The number of rotatable bonds is 4. The van der Waals surface area contributed by atoms with Crippen LogP contribution in [0.15, 0.2) is 27.7 Å². The lowest BCUT2D eigenvalue weighted by Gasteiger charge is -2.22. The molecule has 0 bridgehead atoms. The highest BCUT2D eigenvalue weighted by Crippen LogP contribution is 2.38. The molecule has 0 aliphatic carbocycles. The minimum absolute atomic E-state index is 0.122. The summed E-state index contributed by atoms with van der Waals surface area (Å²) in [7, 11) is -3.60. The Kier molecular flexibility index (Phi) is 4.10. The van der Waals surface area contributed by atoms with Gasteiger partial charge in [0, 0.05) is 12.6 Å². The van der Waals surface area contributed by atoms with Gasteiger partial charge in [0.05, 0.1) is 23.7 Å². The summed E-state index contributed by atoms with van der Waals surface area (Å²) in [5.74, 6) is 0.706. The zero-order chi connectivity index (χ0) is 16.8. The van der Waals surface area contributed by atoms with Crippen LogP contribution >= 0.6 is 0 Å². The van der Waals surface area contributed by atoms with E-state index in [2.05, 4.69) is 5.10 Å². The summed E-state index contributed by atoms with van der Waals surface area (Å²) in [6, 6.07) is 3.54. The van der Waals surface area contributed by atoms with E-state index in [4.69, 9.17) is 4.42 Å². The van der Waals surface area contributed by atoms with Crippen LogP contribution in [0.2, 0.25) is 0 Å². The molecule has 0 spiro atoms. The van der Waals surface area contributed by atoms with Gasteiger partial charge in [-0.15, -0.1) is 0 Å². The largest absolute Gasteiger partial charge is 0.468 e. The number of sulfonamides is 1. The van der Waals surface area contributed by atoms with E-state index in [1.165, 1.54) is 0 Å². The zero-order valence-corrected chi connectivity index (χ0v) is 14.8. The third-order valence-corrected chi connectivity index (χ3v) is 6.55. The lowest BCUT2D eigenvalue weighted by molar-refractivity contribution is 0.339. The van der Waals surface area contributed by atoms with E-state index < -0.39 is 10.0 Å². The van der Waals surface area contributed by atoms with E-state index in [0.717, 1.165) is 12.8 Å². The minimum atomic E-state index is -3.60. The van der Waals surface area contributed by atoms with Gasteiger partial charge in [-0.25, -0.2) is 8.42 Å². The van der Waals surface area contributed by atoms with E-state index in [9.17, 15) is 8.42 Å². The first-order chi connectivity index (χ1) is 10.8. The van der Waals surface area contributed by atoms with Crippen LogP contribution in [0.3, 0.4) is 0 Å². The van der Waals surface area contributed by atoms with Crippen LogP contribution in [-0.4, -0.2) is 29.0 Å². The van der Waals surface area contributed by atoms with Crippen molar-refractivity contribution in [1.29, 1.82) is 0 Å². The van der Waals surface area contributed by atoms with E-state index in [1.807, 2.05) is 26.8 Å². The molecule has 1 fully saturated rings. The van der Waals surface area contributed by atoms with Gasteiger partial charge in [-0.1, -0.05) is 0 Å². The maximum Gasteiger partial charge on any atom is 0.247 e. The maximum atomic E-state index is 13.2. The quantitative estimate of drug-likeness (QED) is 0.859. The molecule has 23 heavy (non-hydrogen) atoms. The van der Waals surface area contributed by atoms with Gasteiger partial charge in [0.2, 0.25) is 10.0 Å². The molecule has 6 nitrogen and oxygen atoms in total. The molecule has 3 heterocycles. The normalized spacial score (nSPS) is 19.8. The first kappa shape index (κ1) is 16.3. The van der Waals surface area contributed by atoms with Crippen LogP contribution in [0.5, 0.6) is 0 Å². The minimum Gasteiger partial charge on any atom is -0.468 e. The SMILES string of the molecule is Cc1nn(C(C)C)c(C)c1S(=O)(=O)N1CCC[C@@H]1c1ccco1. The Bertz CT molecular complexity index is 791. The molecule has 1 aliphatic rings. The van der Waals surface area contributed by atoms with Crippen LogP contribution in [0.4, 0.5) is 0 Å². The first-order valence-corrected chi connectivity index (χ1v) is 9.39. The summed E-state index contributed by atoms with van der Waals surface area (Å²) < 4.78 is 35.3. The van der Waals surface area contributed by atoms with Gasteiger partial charge < -0.3 is 4.42 Å². The second-order valence-electron chi connectivity index (χ2n) is 6.33. The number of aromatic nitrogens is 2. The number of furan rings is 1. The van der Waals surface area contributed by atoms with Crippen LogP contribution in [0.1, 0.15) is 55.9 Å². The molecule has 126 valence electrons. The predicted molar refractivity (Wildman–Crippen MR) is 86.7 cm³/mol. The standard InChI is InChI=1S/C16H23N3O3S/c1-11(2)19-13(4)16(12(3)17-19)23(20,21)18-9-5-7-14(18)15-8-6-10-22-15/h6,8,10-11,14H,5,7,9H2,1-4H3/t14-/m1/s1. The summed E-state index contributed by atoms with van der Waals surface area (Å²) >= 11 is 0. The molecule has 3 rings (SSSR count). The highest BCUT2D eigenvalue weighted by Gasteiger charge is 2.40. The molecule has 2 aromatic heterocycles. The molecule has 0 radical (unpaired) electrons. The van der Waals surface area contributed by atoms with E-state index in [1.54, 1.807) is 28.2 Å². The number of hydrogen-bond donors (Lipinski definition) is 0. The molecule has 7 heteroatoms. The Morgan fingerprint density at radius 1 is 1.35 bits per heavy atom. The average Bonchev–Trinajstić information content (AvgIpc) is 3.16. The van der Waals surface area contributed by atoms with Gasteiger partial charge in [0.25, 0.3) is 0 Å². The van der Waals surface area contributed by atoms with Crippen molar-refractivity contribution in [2.75, 3.05) is 6.54 Å². The molecule has 0 aromatic carbocycles. The summed E-state index contributed by atoms with van der Waals surface area (Å²) in [5, 5.41) is 4.42. The van der Waals surface area contributed by atoms with Crippen LogP contribution in [0.25, 0.3) is 0 Å². The highest BCUT2D eigenvalue weighted by atomic mass is 32.2. The van der Waals surface area contributed by atoms with Crippen LogP contribution in [0, 0.1) is 13.8 Å². The summed E-state index contributed by atoms with van der Waals surface area (Å²) in [6.45, 7) is 8.09. The van der Waals surface area contributed by atoms with Crippen molar-refractivity contribution in [1.82, 2.24) is 14.1 Å². The highest BCUT2D eigenvalue weighted by molar-refractivity contribution is 7.89. The molecule has 0 N–H and O–H groups in total. The third kappa shape index (κ3) is 2.61. The first-order valence-electron chi connectivity index (χ1n) is 7.95. The second kappa shape index (κ2) is 5.79. The monoisotopic (exact) mass is 337 g/mol. The molecule has 1 saturated heterocycles. The molecule has 2 aromatic rings. The number of nitrogens with zero attached hydrogens (tertiary/aromatic N) is 3. The lowest BCUT2D eigenvalue weighted by atomic mass is 10.2. The Morgan fingerprint density at radius 2 is 2.09 bits per heavy atom. The van der Waals surface area contributed by atoms with Gasteiger partial charge in [-0.3, -0.25) is 4.68 Å². The summed E-state index contributed by atoms with van der Waals surface area (Å²) in [5.41, 5.74) is 1.25.